The van der Waals surface area contributed by atoms with Gasteiger partial charge in [0.1, 0.15) is 5.69 Å². The minimum Gasteiger partial charge on any atom is -0.337 e. The molecule has 2 N–H and O–H groups in total. The lowest BCUT2D eigenvalue weighted by atomic mass is 10.1. The molecule has 1 aliphatic rings. The predicted octanol–water partition coefficient (Wildman–Crippen LogP) is -0.159. The number of carbonyl (C=O) groups excluding carboxylic acids is 1. The summed E-state index contributed by atoms with van der Waals surface area (Å²) in [6, 6.07) is 1.75. The van der Waals surface area contributed by atoms with Crippen molar-refractivity contribution in [2.24, 2.45) is 18.7 Å². The van der Waals surface area contributed by atoms with Gasteiger partial charge in [0.2, 0.25) is 0 Å². The van der Waals surface area contributed by atoms with E-state index in [4.69, 9.17) is 5.73 Å². The van der Waals surface area contributed by atoms with Crippen molar-refractivity contribution in [1.82, 2.24) is 14.7 Å². The van der Waals surface area contributed by atoms with Gasteiger partial charge in [-0.3, -0.25) is 9.48 Å². The van der Waals surface area contributed by atoms with Gasteiger partial charge in [-0.1, -0.05) is 0 Å². The van der Waals surface area contributed by atoms with Gasteiger partial charge in [0, 0.05) is 26.3 Å². The third-order valence-electron chi connectivity index (χ3n) is 2.84. The molecule has 0 aromatic carbocycles. The highest BCUT2D eigenvalue weighted by atomic mass is 16.2. The lowest BCUT2D eigenvalue weighted by molar-refractivity contribution is 0.0781. The third-order valence-corrected chi connectivity index (χ3v) is 2.84. The first-order valence-corrected chi connectivity index (χ1v) is 5.19. The van der Waals surface area contributed by atoms with Crippen molar-refractivity contribution < 1.29 is 4.79 Å². The Bertz CT molecular complexity index is 360. The Hall–Kier alpha value is -1.36. The van der Waals surface area contributed by atoms with E-state index in [0.717, 1.165) is 19.5 Å². The highest BCUT2D eigenvalue weighted by Gasteiger charge is 2.26. The van der Waals surface area contributed by atoms with Gasteiger partial charge in [0.25, 0.3) is 5.91 Å². The van der Waals surface area contributed by atoms with Gasteiger partial charge in [-0.2, -0.15) is 5.10 Å². The van der Waals surface area contributed by atoms with Crippen LogP contribution < -0.4 is 5.73 Å². The van der Waals surface area contributed by atoms with E-state index in [1.165, 1.54) is 0 Å². The van der Waals surface area contributed by atoms with Gasteiger partial charge in [-0.25, -0.2) is 0 Å². The number of nitrogens with two attached hydrogens (primary N) is 1. The van der Waals surface area contributed by atoms with Crippen LogP contribution in [0, 0.1) is 5.92 Å². The molecule has 1 atom stereocenters. The summed E-state index contributed by atoms with van der Waals surface area (Å²) in [5.74, 6) is 0.476. The van der Waals surface area contributed by atoms with Crippen molar-refractivity contribution in [2.75, 3.05) is 19.6 Å². The number of aryl methyl sites for hydroxylation is 1. The Morgan fingerprint density at radius 3 is 3.07 bits per heavy atom. The first-order chi connectivity index (χ1) is 7.20. The molecular weight excluding hydrogens is 192 g/mol. The molecule has 0 bridgehead atoms. The molecule has 5 heteroatoms. The monoisotopic (exact) mass is 208 g/mol. The molecule has 1 fully saturated rings. The van der Waals surface area contributed by atoms with Crippen LogP contribution in [0.15, 0.2) is 12.3 Å². The molecule has 0 aliphatic carbocycles. The number of hydrogen-bond donors (Lipinski definition) is 1. The summed E-state index contributed by atoms with van der Waals surface area (Å²) in [6.45, 7) is 2.23. The summed E-state index contributed by atoms with van der Waals surface area (Å²) < 4.78 is 1.64. The molecule has 82 valence electrons. The van der Waals surface area contributed by atoms with Crippen LogP contribution in [0.3, 0.4) is 0 Å². The van der Waals surface area contributed by atoms with Crippen LogP contribution in [-0.4, -0.2) is 40.2 Å². The summed E-state index contributed by atoms with van der Waals surface area (Å²) in [4.78, 5) is 13.8. The zero-order chi connectivity index (χ0) is 10.8. The minimum absolute atomic E-state index is 0.0200. The van der Waals surface area contributed by atoms with Crippen LogP contribution in [0.4, 0.5) is 0 Å². The molecule has 1 unspecified atom stereocenters. The van der Waals surface area contributed by atoms with Crippen LogP contribution in [-0.2, 0) is 7.05 Å². The van der Waals surface area contributed by atoms with Crippen LogP contribution in [0.2, 0.25) is 0 Å². The number of rotatable bonds is 2. The van der Waals surface area contributed by atoms with Crippen molar-refractivity contribution in [3.05, 3.63) is 18.0 Å². The fourth-order valence-corrected chi connectivity index (χ4v) is 1.90. The molecule has 2 heterocycles. The Morgan fingerprint density at radius 2 is 2.53 bits per heavy atom. The fraction of sp³-hybridized carbons (Fsp3) is 0.600. The Morgan fingerprint density at radius 1 is 1.73 bits per heavy atom. The molecular formula is C10H16N4O. The van der Waals surface area contributed by atoms with Gasteiger partial charge >= 0.3 is 0 Å². The maximum absolute atomic E-state index is 11.9. The van der Waals surface area contributed by atoms with Gasteiger partial charge < -0.3 is 10.6 Å². The first kappa shape index (κ1) is 10.2. The third kappa shape index (κ3) is 2.02. The van der Waals surface area contributed by atoms with E-state index in [9.17, 15) is 4.79 Å². The number of hydrogen-bond acceptors (Lipinski definition) is 3. The van der Waals surface area contributed by atoms with Crippen molar-refractivity contribution in [3.8, 4) is 0 Å². The normalized spacial score (nSPS) is 20.9. The molecule has 0 radical (unpaired) electrons. The second-order valence-corrected chi connectivity index (χ2v) is 4.02. The van der Waals surface area contributed by atoms with E-state index in [2.05, 4.69) is 5.10 Å². The van der Waals surface area contributed by atoms with Crippen LogP contribution in [0.1, 0.15) is 16.9 Å². The first-order valence-electron chi connectivity index (χ1n) is 5.19. The van der Waals surface area contributed by atoms with Crippen molar-refractivity contribution in [2.45, 2.75) is 6.42 Å². The average Bonchev–Trinajstić information content (AvgIpc) is 2.84. The Kier molecular flexibility index (Phi) is 2.73. The number of amides is 1. The largest absolute Gasteiger partial charge is 0.337 e. The number of carbonyl (C=O) groups is 1. The minimum atomic E-state index is 0.0200. The van der Waals surface area contributed by atoms with Gasteiger partial charge in [-0.15, -0.1) is 0 Å². The highest BCUT2D eigenvalue weighted by molar-refractivity contribution is 5.92. The standard InChI is InChI=1S/C10H16N4O/c1-13-4-3-9(12-13)10(15)14-5-2-8(6-11)7-14/h3-4,8H,2,5-7,11H2,1H3. The SMILES string of the molecule is Cn1ccc(C(=O)N2CCC(CN)C2)n1. The molecule has 2 rings (SSSR count). The van der Waals surface area contributed by atoms with E-state index >= 15 is 0 Å². The van der Waals surface area contributed by atoms with Crippen molar-refractivity contribution in [3.63, 3.8) is 0 Å². The van der Waals surface area contributed by atoms with Crippen LogP contribution in [0.25, 0.3) is 0 Å². The topological polar surface area (TPSA) is 64.2 Å². The summed E-state index contributed by atoms with van der Waals surface area (Å²) in [5, 5.41) is 4.10. The molecule has 1 aromatic heterocycles. The molecule has 15 heavy (non-hydrogen) atoms. The van der Waals surface area contributed by atoms with E-state index < -0.39 is 0 Å². The molecule has 1 saturated heterocycles. The molecule has 1 aliphatic heterocycles. The van der Waals surface area contributed by atoms with Crippen molar-refractivity contribution in [1.29, 1.82) is 0 Å². The molecule has 1 amide bonds. The molecule has 0 spiro atoms. The number of aromatic nitrogens is 2. The van der Waals surface area contributed by atoms with Gasteiger partial charge in [0.15, 0.2) is 0 Å². The van der Waals surface area contributed by atoms with Crippen LogP contribution >= 0.6 is 0 Å². The number of likely N-dealkylation sites (tertiary alicyclic amines) is 1. The van der Waals surface area contributed by atoms with E-state index in [0.29, 0.717) is 18.2 Å². The fourth-order valence-electron chi connectivity index (χ4n) is 1.90. The smallest absolute Gasteiger partial charge is 0.274 e. The Balaban J connectivity index is 2.03. The van der Waals surface area contributed by atoms with E-state index in [-0.39, 0.29) is 5.91 Å². The van der Waals surface area contributed by atoms with Gasteiger partial charge in [-0.05, 0) is 24.9 Å². The van der Waals surface area contributed by atoms with Crippen molar-refractivity contribution >= 4 is 5.91 Å². The van der Waals surface area contributed by atoms with E-state index in [1.807, 2.05) is 11.9 Å². The zero-order valence-corrected chi connectivity index (χ0v) is 8.89. The Labute approximate surface area is 88.8 Å². The number of nitrogens with zero attached hydrogens (tertiary/aromatic N) is 3. The summed E-state index contributed by atoms with van der Waals surface area (Å²) >= 11 is 0. The molecule has 0 saturated carbocycles. The molecule has 5 nitrogen and oxygen atoms in total. The summed E-state index contributed by atoms with van der Waals surface area (Å²) in [5.41, 5.74) is 6.10. The summed E-state index contributed by atoms with van der Waals surface area (Å²) in [6.07, 6.45) is 2.79. The quantitative estimate of drug-likeness (QED) is 0.734. The van der Waals surface area contributed by atoms with E-state index in [1.54, 1.807) is 16.9 Å². The average molecular weight is 208 g/mol. The second-order valence-electron chi connectivity index (χ2n) is 4.02. The second kappa shape index (κ2) is 4.02. The predicted molar refractivity (Wildman–Crippen MR) is 56.3 cm³/mol. The highest BCUT2D eigenvalue weighted by Crippen LogP contribution is 2.16. The zero-order valence-electron chi connectivity index (χ0n) is 8.89. The van der Waals surface area contributed by atoms with Crippen LogP contribution in [0.5, 0.6) is 0 Å². The lowest BCUT2D eigenvalue weighted by Crippen LogP contribution is -2.30. The maximum Gasteiger partial charge on any atom is 0.274 e. The maximum atomic E-state index is 11.9. The summed E-state index contributed by atoms with van der Waals surface area (Å²) in [7, 11) is 1.81. The lowest BCUT2D eigenvalue weighted by Gasteiger charge is -2.14. The van der Waals surface area contributed by atoms with Gasteiger partial charge in [0.05, 0.1) is 0 Å². The molecule has 1 aromatic rings.